The minimum absolute atomic E-state index is 0.0444. The van der Waals surface area contributed by atoms with Gasteiger partial charge in [-0.3, -0.25) is 0 Å². The van der Waals surface area contributed by atoms with E-state index in [4.69, 9.17) is 10.2 Å². The second-order valence-corrected chi connectivity index (χ2v) is 5.78. The van der Waals surface area contributed by atoms with E-state index in [9.17, 15) is 13.2 Å². The van der Waals surface area contributed by atoms with Crippen LogP contribution in [-0.2, 0) is 10.0 Å². The molecular weight excluding hydrogens is 254 g/mol. The minimum Gasteiger partial charge on any atom is -0.477 e. The molecule has 0 fully saturated rings. The third-order valence-corrected chi connectivity index (χ3v) is 4.36. The number of hydrogen-bond acceptors (Lipinski definition) is 5. The molecule has 8 heteroatoms. The Kier molecular flexibility index (Phi) is 4.03. The van der Waals surface area contributed by atoms with Crippen molar-refractivity contribution < 1.29 is 23.4 Å². The number of hydrogen-bond donors (Lipinski definition) is 3. The SMILES string of the molecule is C[C@@H](CO)NS(=O)(=O)c1csc(C(=O)O)c1. The van der Waals surface area contributed by atoms with Crippen molar-refractivity contribution in [2.24, 2.45) is 0 Å². The van der Waals surface area contributed by atoms with Crippen LogP contribution in [0.2, 0.25) is 0 Å². The fraction of sp³-hybridized carbons (Fsp3) is 0.375. The third-order valence-electron chi connectivity index (χ3n) is 1.73. The molecule has 1 rings (SSSR count). The van der Waals surface area contributed by atoms with Gasteiger partial charge in [-0.15, -0.1) is 11.3 Å². The van der Waals surface area contributed by atoms with Crippen molar-refractivity contribution in [3.63, 3.8) is 0 Å². The van der Waals surface area contributed by atoms with Crippen LogP contribution in [0.25, 0.3) is 0 Å². The summed E-state index contributed by atoms with van der Waals surface area (Å²) in [5.74, 6) is -1.17. The summed E-state index contributed by atoms with van der Waals surface area (Å²) in [6.07, 6.45) is 0. The molecule has 1 atom stereocenters. The number of nitrogens with one attached hydrogen (secondary N) is 1. The van der Waals surface area contributed by atoms with E-state index in [1.165, 1.54) is 12.3 Å². The molecule has 1 heterocycles. The third kappa shape index (κ3) is 3.01. The van der Waals surface area contributed by atoms with Gasteiger partial charge in [0.15, 0.2) is 0 Å². The van der Waals surface area contributed by atoms with E-state index in [0.29, 0.717) is 0 Å². The van der Waals surface area contributed by atoms with Crippen LogP contribution in [0.5, 0.6) is 0 Å². The average molecular weight is 265 g/mol. The molecule has 0 radical (unpaired) electrons. The monoisotopic (exact) mass is 265 g/mol. The zero-order valence-corrected chi connectivity index (χ0v) is 10.0. The smallest absolute Gasteiger partial charge is 0.345 e. The Hall–Kier alpha value is -0.960. The molecule has 0 aliphatic carbocycles. The van der Waals surface area contributed by atoms with Gasteiger partial charge in [-0.2, -0.15) is 0 Å². The largest absolute Gasteiger partial charge is 0.477 e. The van der Waals surface area contributed by atoms with Crippen molar-refractivity contribution in [3.8, 4) is 0 Å². The zero-order valence-electron chi connectivity index (χ0n) is 8.37. The van der Waals surface area contributed by atoms with Crippen molar-refractivity contribution in [1.82, 2.24) is 4.72 Å². The number of carboxylic acid groups (broad SMARTS) is 1. The van der Waals surface area contributed by atoms with Crippen molar-refractivity contribution >= 4 is 27.3 Å². The minimum atomic E-state index is -3.75. The van der Waals surface area contributed by atoms with Crippen LogP contribution < -0.4 is 4.72 Å². The van der Waals surface area contributed by atoms with Crippen molar-refractivity contribution in [2.75, 3.05) is 6.61 Å². The molecule has 1 aromatic rings. The van der Waals surface area contributed by atoms with Gasteiger partial charge in [-0.1, -0.05) is 0 Å². The predicted molar refractivity (Wildman–Crippen MR) is 58.1 cm³/mol. The normalized spacial score (nSPS) is 13.6. The van der Waals surface area contributed by atoms with E-state index in [1.807, 2.05) is 0 Å². The van der Waals surface area contributed by atoms with Crippen LogP contribution in [-0.4, -0.2) is 37.2 Å². The van der Waals surface area contributed by atoms with Crippen LogP contribution in [0, 0.1) is 0 Å². The van der Waals surface area contributed by atoms with Gasteiger partial charge in [0, 0.05) is 11.4 Å². The number of thiophene rings is 1. The lowest BCUT2D eigenvalue weighted by Gasteiger charge is -2.09. The molecule has 1 aromatic heterocycles. The van der Waals surface area contributed by atoms with Gasteiger partial charge in [-0.05, 0) is 13.0 Å². The van der Waals surface area contributed by atoms with E-state index in [-0.39, 0.29) is 16.4 Å². The van der Waals surface area contributed by atoms with Crippen LogP contribution in [0.15, 0.2) is 16.3 Å². The van der Waals surface area contributed by atoms with Gasteiger partial charge in [-0.25, -0.2) is 17.9 Å². The van der Waals surface area contributed by atoms with Crippen LogP contribution in [0.4, 0.5) is 0 Å². The zero-order chi connectivity index (χ0) is 12.3. The van der Waals surface area contributed by atoms with E-state index in [1.54, 1.807) is 0 Å². The fourth-order valence-electron chi connectivity index (χ4n) is 0.942. The first-order valence-electron chi connectivity index (χ1n) is 4.32. The summed E-state index contributed by atoms with van der Waals surface area (Å²) in [4.78, 5) is 10.4. The van der Waals surface area contributed by atoms with E-state index in [0.717, 1.165) is 17.4 Å². The number of aliphatic hydroxyl groups excluding tert-OH is 1. The van der Waals surface area contributed by atoms with Crippen molar-refractivity contribution in [3.05, 3.63) is 16.3 Å². The molecule has 16 heavy (non-hydrogen) atoms. The fourth-order valence-corrected chi connectivity index (χ4v) is 3.29. The first-order chi connectivity index (χ1) is 7.36. The van der Waals surface area contributed by atoms with Crippen LogP contribution in [0.1, 0.15) is 16.6 Å². The summed E-state index contributed by atoms with van der Waals surface area (Å²) < 4.78 is 25.5. The molecule has 3 N–H and O–H groups in total. The maximum atomic E-state index is 11.6. The Balaban J connectivity index is 2.94. The predicted octanol–water partition coefficient (Wildman–Crippen LogP) is 0.105. The van der Waals surface area contributed by atoms with Gasteiger partial charge in [0.05, 0.1) is 11.5 Å². The Morgan fingerprint density at radius 2 is 2.25 bits per heavy atom. The summed E-state index contributed by atoms with van der Waals surface area (Å²) in [6.45, 7) is 1.18. The lowest BCUT2D eigenvalue weighted by atomic mass is 10.4. The molecule has 0 bridgehead atoms. The summed E-state index contributed by atoms with van der Waals surface area (Å²) in [6, 6.07) is 0.470. The first-order valence-corrected chi connectivity index (χ1v) is 6.68. The Bertz CT molecular complexity index is 478. The van der Waals surface area contributed by atoms with Crippen LogP contribution in [0.3, 0.4) is 0 Å². The van der Waals surface area contributed by atoms with E-state index >= 15 is 0 Å². The van der Waals surface area contributed by atoms with Crippen LogP contribution >= 0.6 is 11.3 Å². The molecule has 0 saturated heterocycles. The highest BCUT2D eigenvalue weighted by Gasteiger charge is 2.20. The molecular formula is C8H11NO5S2. The molecule has 6 nitrogen and oxygen atoms in total. The quantitative estimate of drug-likeness (QED) is 0.700. The molecule has 0 spiro atoms. The second kappa shape index (κ2) is 4.91. The number of carboxylic acids is 1. The topological polar surface area (TPSA) is 104 Å². The molecule has 0 amide bonds. The molecule has 0 aliphatic heterocycles. The highest BCUT2D eigenvalue weighted by molar-refractivity contribution is 7.89. The Labute approximate surface area is 96.6 Å². The standard InChI is InChI=1S/C8H11NO5S2/c1-5(3-10)9-16(13,14)6-2-7(8(11)12)15-4-6/h2,4-5,9-10H,3H2,1H3,(H,11,12)/t5-/m0/s1. The van der Waals surface area contributed by atoms with Gasteiger partial charge < -0.3 is 10.2 Å². The second-order valence-electron chi connectivity index (χ2n) is 3.16. The molecule has 0 saturated carbocycles. The number of aromatic carboxylic acids is 1. The van der Waals surface area contributed by atoms with E-state index in [2.05, 4.69) is 4.72 Å². The first kappa shape index (κ1) is 13.1. The van der Waals surface area contributed by atoms with Gasteiger partial charge in [0.2, 0.25) is 10.0 Å². The summed E-state index contributed by atoms with van der Waals surface area (Å²) >= 11 is 0.838. The van der Waals surface area contributed by atoms with Gasteiger partial charge in [0.25, 0.3) is 0 Å². The molecule has 0 unspecified atom stereocenters. The molecule has 0 aliphatic rings. The summed E-state index contributed by atoms with van der Waals surface area (Å²) in [5.41, 5.74) is 0. The maximum absolute atomic E-state index is 11.6. The average Bonchev–Trinajstić information content (AvgIpc) is 2.66. The molecule has 90 valence electrons. The highest BCUT2D eigenvalue weighted by atomic mass is 32.2. The maximum Gasteiger partial charge on any atom is 0.345 e. The Morgan fingerprint density at radius 3 is 2.69 bits per heavy atom. The van der Waals surface area contributed by atoms with Gasteiger partial charge in [0.1, 0.15) is 4.88 Å². The number of rotatable bonds is 5. The summed E-state index contributed by atoms with van der Waals surface area (Å²) in [5, 5.41) is 18.6. The number of sulfonamides is 1. The van der Waals surface area contributed by atoms with Gasteiger partial charge >= 0.3 is 5.97 Å². The van der Waals surface area contributed by atoms with Crippen molar-refractivity contribution in [2.45, 2.75) is 17.9 Å². The lowest BCUT2D eigenvalue weighted by molar-refractivity contribution is 0.0702. The Morgan fingerprint density at radius 1 is 1.62 bits per heavy atom. The highest BCUT2D eigenvalue weighted by Crippen LogP contribution is 2.19. The number of carbonyl (C=O) groups is 1. The van der Waals surface area contributed by atoms with E-state index < -0.39 is 22.0 Å². The lowest BCUT2D eigenvalue weighted by Crippen LogP contribution is -2.34. The number of aliphatic hydroxyl groups is 1. The summed E-state index contributed by atoms with van der Waals surface area (Å²) in [7, 11) is -3.75. The molecule has 0 aromatic carbocycles. The van der Waals surface area contributed by atoms with Crippen molar-refractivity contribution in [1.29, 1.82) is 0 Å².